The van der Waals surface area contributed by atoms with Crippen molar-refractivity contribution in [1.82, 2.24) is 5.32 Å². The van der Waals surface area contributed by atoms with E-state index in [1.54, 1.807) is 0 Å². The number of nitrogens with one attached hydrogen (secondary N) is 2. The fourth-order valence-corrected chi connectivity index (χ4v) is 2.08. The minimum absolute atomic E-state index is 0.0600. The molecule has 0 aliphatic heterocycles. The molecule has 0 spiro atoms. The zero-order chi connectivity index (χ0) is 13.0. The quantitative estimate of drug-likeness (QED) is 0.838. The van der Waals surface area contributed by atoms with Gasteiger partial charge in [0.25, 0.3) is 5.91 Å². The van der Waals surface area contributed by atoms with Crippen LogP contribution in [0.1, 0.15) is 48.5 Å². The Bertz CT molecular complexity index is 425. The number of hydrogen-bond donors (Lipinski definition) is 2. The van der Waals surface area contributed by atoms with Gasteiger partial charge in [-0.3, -0.25) is 4.79 Å². The predicted molar refractivity (Wildman–Crippen MR) is 75.1 cm³/mol. The van der Waals surface area contributed by atoms with Crippen LogP contribution in [-0.2, 0) is 0 Å². The molecule has 1 saturated carbocycles. The summed E-state index contributed by atoms with van der Waals surface area (Å²) in [5.74, 6) is 0.0600. The maximum atomic E-state index is 12.0. The van der Waals surface area contributed by atoms with E-state index in [-0.39, 0.29) is 5.91 Å². The van der Waals surface area contributed by atoms with Crippen molar-refractivity contribution >= 4 is 11.6 Å². The number of rotatable bonds is 5. The molecule has 0 radical (unpaired) electrons. The minimum Gasteiger partial charge on any atom is -0.385 e. The lowest BCUT2D eigenvalue weighted by Gasteiger charge is -2.26. The molecule has 0 unspecified atom stereocenters. The molecular weight excluding hydrogens is 224 g/mol. The first kappa shape index (κ1) is 12.9. The average Bonchev–Trinajstić information content (AvgIpc) is 2.32. The smallest absolute Gasteiger partial charge is 0.251 e. The van der Waals surface area contributed by atoms with E-state index >= 15 is 0 Å². The summed E-state index contributed by atoms with van der Waals surface area (Å²) >= 11 is 0. The van der Waals surface area contributed by atoms with Gasteiger partial charge in [-0.25, -0.2) is 0 Å². The van der Waals surface area contributed by atoms with E-state index in [9.17, 15) is 4.79 Å². The van der Waals surface area contributed by atoms with Crippen molar-refractivity contribution in [3.05, 3.63) is 29.3 Å². The lowest BCUT2D eigenvalue weighted by molar-refractivity contribution is 0.0917. The molecule has 1 aromatic carbocycles. The Labute approximate surface area is 109 Å². The standard InChI is InChI=1S/C15H22N2O/c1-3-9-16-14-8-7-12(10-11(14)2)15(18)17-13-5-4-6-13/h7-8,10,13,16H,3-6,9H2,1-2H3,(H,17,18). The third-order valence-corrected chi connectivity index (χ3v) is 3.49. The molecular formula is C15H22N2O. The van der Waals surface area contributed by atoms with Crippen molar-refractivity contribution in [3.63, 3.8) is 0 Å². The Morgan fingerprint density at radius 3 is 2.72 bits per heavy atom. The van der Waals surface area contributed by atoms with Gasteiger partial charge in [-0.05, 0) is 56.4 Å². The predicted octanol–water partition coefficient (Wildman–Crippen LogP) is 3.10. The SMILES string of the molecule is CCCNc1ccc(C(=O)NC2CCC2)cc1C. The van der Waals surface area contributed by atoms with E-state index in [0.29, 0.717) is 6.04 Å². The second kappa shape index (κ2) is 5.89. The van der Waals surface area contributed by atoms with Gasteiger partial charge < -0.3 is 10.6 Å². The second-order valence-electron chi connectivity index (χ2n) is 5.06. The van der Waals surface area contributed by atoms with Crippen LogP contribution < -0.4 is 10.6 Å². The van der Waals surface area contributed by atoms with E-state index < -0.39 is 0 Å². The fraction of sp³-hybridized carbons (Fsp3) is 0.533. The molecule has 0 heterocycles. The third kappa shape index (κ3) is 3.03. The molecule has 1 aromatic rings. The molecule has 0 saturated heterocycles. The summed E-state index contributed by atoms with van der Waals surface area (Å²) in [6.45, 7) is 5.15. The summed E-state index contributed by atoms with van der Waals surface area (Å²) in [5, 5.41) is 6.42. The summed E-state index contributed by atoms with van der Waals surface area (Å²) in [6.07, 6.45) is 4.59. The van der Waals surface area contributed by atoms with Crippen LogP contribution in [0.3, 0.4) is 0 Å². The van der Waals surface area contributed by atoms with Gasteiger partial charge >= 0.3 is 0 Å². The van der Waals surface area contributed by atoms with Gasteiger partial charge in [-0.15, -0.1) is 0 Å². The van der Waals surface area contributed by atoms with Crippen molar-refractivity contribution in [1.29, 1.82) is 0 Å². The van der Waals surface area contributed by atoms with Crippen molar-refractivity contribution in [2.75, 3.05) is 11.9 Å². The molecule has 0 aromatic heterocycles. The summed E-state index contributed by atoms with van der Waals surface area (Å²) in [6, 6.07) is 6.27. The van der Waals surface area contributed by atoms with Crippen molar-refractivity contribution < 1.29 is 4.79 Å². The highest BCUT2D eigenvalue weighted by Gasteiger charge is 2.20. The summed E-state index contributed by atoms with van der Waals surface area (Å²) in [4.78, 5) is 12.0. The Kier molecular flexibility index (Phi) is 4.24. The van der Waals surface area contributed by atoms with E-state index in [1.165, 1.54) is 6.42 Å². The lowest BCUT2D eigenvalue weighted by Crippen LogP contribution is -2.39. The Morgan fingerprint density at radius 1 is 1.39 bits per heavy atom. The minimum atomic E-state index is 0.0600. The second-order valence-corrected chi connectivity index (χ2v) is 5.06. The van der Waals surface area contributed by atoms with E-state index in [0.717, 1.165) is 42.6 Å². The molecule has 18 heavy (non-hydrogen) atoms. The van der Waals surface area contributed by atoms with Crippen LogP contribution in [0.15, 0.2) is 18.2 Å². The molecule has 1 amide bonds. The molecule has 0 atom stereocenters. The molecule has 0 bridgehead atoms. The number of anilines is 1. The zero-order valence-electron chi connectivity index (χ0n) is 11.3. The van der Waals surface area contributed by atoms with Crippen molar-refractivity contribution in [2.45, 2.75) is 45.6 Å². The molecule has 3 nitrogen and oxygen atoms in total. The largest absolute Gasteiger partial charge is 0.385 e. The maximum Gasteiger partial charge on any atom is 0.251 e. The first-order valence-corrected chi connectivity index (χ1v) is 6.86. The number of amides is 1. The van der Waals surface area contributed by atoms with Gasteiger partial charge in [-0.1, -0.05) is 6.92 Å². The number of hydrogen-bond acceptors (Lipinski definition) is 2. The van der Waals surface area contributed by atoms with Gasteiger partial charge in [0.15, 0.2) is 0 Å². The van der Waals surface area contributed by atoms with E-state index in [1.807, 2.05) is 25.1 Å². The molecule has 98 valence electrons. The summed E-state index contributed by atoms with van der Waals surface area (Å²) in [5.41, 5.74) is 3.02. The van der Waals surface area contributed by atoms with Crippen molar-refractivity contribution in [3.8, 4) is 0 Å². The lowest BCUT2D eigenvalue weighted by atomic mass is 9.93. The van der Waals surface area contributed by atoms with Crippen LogP contribution in [0.5, 0.6) is 0 Å². The van der Waals surface area contributed by atoms with Gasteiger partial charge in [-0.2, -0.15) is 0 Å². The normalized spacial score (nSPS) is 15.0. The molecule has 1 aliphatic rings. The third-order valence-electron chi connectivity index (χ3n) is 3.49. The molecule has 3 heteroatoms. The topological polar surface area (TPSA) is 41.1 Å². The average molecular weight is 246 g/mol. The maximum absolute atomic E-state index is 12.0. The van der Waals surface area contributed by atoms with Gasteiger partial charge in [0.2, 0.25) is 0 Å². The van der Waals surface area contributed by atoms with Crippen LogP contribution in [0, 0.1) is 6.92 Å². The monoisotopic (exact) mass is 246 g/mol. The number of aryl methyl sites for hydroxylation is 1. The molecule has 1 fully saturated rings. The zero-order valence-corrected chi connectivity index (χ0v) is 11.3. The van der Waals surface area contributed by atoms with Crippen LogP contribution >= 0.6 is 0 Å². The van der Waals surface area contributed by atoms with Gasteiger partial charge in [0.05, 0.1) is 0 Å². The Morgan fingerprint density at radius 2 is 2.17 bits per heavy atom. The summed E-state index contributed by atoms with van der Waals surface area (Å²) < 4.78 is 0. The van der Waals surface area contributed by atoms with Crippen molar-refractivity contribution in [2.24, 2.45) is 0 Å². The highest BCUT2D eigenvalue weighted by molar-refractivity contribution is 5.95. The number of benzene rings is 1. The molecule has 2 N–H and O–H groups in total. The van der Waals surface area contributed by atoms with Gasteiger partial charge in [0, 0.05) is 23.8 Å². The highest BCUT2D eigenvalue weighted by atomic mass is 16.1. The van der Waals surface area contributed by atoms with Crippen LogP contribution in [0.4, 0.5) is 5.69 Å². The Balaban J connectivity index is 2.00. The molecule has 2 rings (SSSR count). The first-order valence-electron chi connectivity index (χ1n) is 6.86. The van der Waals surface area contributed by atoms with Crippen LogP contribution in [-0.4, -0.2) is 18.5 Å². The number of carbonyl (C=O) groups is 1. The van der Waals surface area contributed by atoms with E-state index in [2.05, 4.69) is 17.6 Å². The van der Waals surface area contributed by atoms with Gasteiger partial charge in [0.1, 0.15) is 0 Å². The van der Waals surface area contributed by atoms with Crippen LogP contribution in [0.2, 0.25) is 0 Å². The summed E-state index contributed by atoms with van der Waals surface area (Å²) in [7, 11) is 0. The highest BCUT2D eigenvalue weighted by Crippen LogP contribution is 2.20. The van der Waals surface area contributed by atoms with E-state index in [4.69, 9.17) is 0 Å². The number of carbonyl (C=O) groups excluding carboxylic acids is 1. The Hall–Kier alpha value is -1.51. The molecule has 1 aliphatic carbocycles. The van der Waals surface area contributed by atoms with Crippen LogP contribution in [0.25, 0.3) is 0 Å². The first-order chi connectivity index (χ1) is 8.70. The fourth-order valence-electron chi connectivity index (χ4n) is 2.08.